The number of carbonyl (C=O) groups is 1. The normalized spacial score (nSPS) is 20.4. The number of phenolic OH excluding ortho intramolecular Hbond substituents is 1. The summed E-state index contributed by atoms with van der Waals surface area (Å²) >= 11 is 0. The van der Waals surface area contributed by atoms with Crippen LogP contribution < -0.4 is 5.32 Å². The van der Waals surface area contributed by atoms with Gasteiger partial charge in [-0.15, -0.1) is 0 Å². The predicted octanol–water partition coefficient (Wildman–Crippen LogP) is 2.81. The molecule has 0 radical (unpaired) electrons. The number of hydrogen-bond acceptors (Lipinski definition) is 2. The highest BCUT2D eigenvalue weighted by molar-refractivity contribution is 5.82. The van der Waals surface area contributed by atoms with E-state index in [2.05, 4.69) is 5.32 Å². The summed E-state index contributed by atoms with van der Waals surface area (Å²) < 4.78 is 0. The molecule has 0 aliphatic heterocycles. The summed E-state index contributed by atoms with van der Waals surface area (Å²) in [6.07, 6.45) is 0.894. The first-order chi connectivity index (χ1) is 9.74. The van der Waals surface area contributed by atoms with Crippen molar-refractivity contribution in [2.45, 2.75) is 18.9 Å². The lowest BCUT2D eigenvalue weighted by Gasteiger charge is -2.05. The van der Waals surface area contributed by atoms with Crippen LogP contribution in [-0.4, -0.2) is 11.0 Å². The molecule has 0 aromatic heterocycles. The highest BCUT2D eigenvalue weighted by atomic mass is 16.3. The summed E-state index contributed by atoms with van der Waals surface area (Å²) in [4.78, 5) is 12.1. The van der Waals surface area contributed by atoms with Crippen molar-refractivity contribution in [3.63, 3.8) is 0 Å². The topological polar surface area (TPSA) is 49.3 Å². The molecule has 2 atom stereocenters. The Hall–Kier alpha value is -2.29. The van der Waals surface area contributed by atoms with Crippen molar-refractivity contribution in [2.75, 3.05) is 0 Å². The molecule has 1 fully saturated rings. The lowest BCUT2D eigenvalue weighted by atomic mass is 10.1. The molecule has 1 aliphatic rings. The molecule has 102 valence electrons. The highest BCUT2D eigenvalue weighted by Gasteiger charge is 2.43. The summed E-state index contributed by atoms with van der Waals surface area (Å²) in [6.45, 7) is 0.582. The Morgan fingerprint density at radius 1 is 1.10 bits per heavy atom. The molecule has 0 heterocycles. The van der Waals surface area contributed by atoms with Crippen molar-refractivity contribution < 1.29 is 9.90 Å². The van der Waals surface area contributed by atoms with Crippen LogP contribution in [0.3, 0.4) is 0 Å². The van der Waals surface area contributed by atoms with Crippen molar-refractivity contribution in [3.05, 3.63) is 65.7 Å². The standard InChI is InChI=1S/C17H17NO2/c19-14-8-6-13(7-9-14)15-10-16(15)17(20)18-11-12-4-2-1-3-5-12/h1-9,15-16,19H,10-11H2,(H,18,20). The second-order valence-corrected chi connectivity index (χ2v) is 5.24. The Balaban J connectivity index is 1.54. The Morgan fingerprint density at radius 2 is 1.80 bits per heavy atom. The van der Waals surface area contributed by atoms with Gasteiger partial charge >= 0.3 is 0 Å². The Bertz CT molecular complexity index is 592. The van der Waals surface area contributed by atoms with E-state index >= 15 is 0 Å². The van der Waals surface area contributed by atoms with Crippen LogP contribution in [-0.2, 0) is 11.3 Å². The summed E-state index contributed by atoms with van der Waals surface area (Å²) in [5, 5.41) is 12.2. The van der Waals surface area contributed by atoms with Crippen molar-refractivity contribution in [1.29, 1.82) is 0 Å². The molecule has 1 amide bonds. The zero-order valence-electron chi connectivity index (χ0n) is 11.1. The Labute approximate surface area is 118 Å². The summed E-state index contributed by atoms with van der Waals surface area (Å²) in [5.41, 5.74) is 2.24. The lowest BCUT2D eigenvalue weighted by Crippen LogP contribution is -2.24. The average molecular weight is 267 g/mol. The van der Waals surface area contributed by atoms with Gasteiger partial charge in [0.15, 0.2) is 0 Å². The van der Waals surface area contributed by atoms with E-state index in [1.54, 1.807) is 12.1 Å². The maximum atomic E-state index is 12.1. The molecule has 0 saturated heterocycles. The maximum absolute atomic E-state index is 12.1. The number of nitrogens with one attached hydrogen (secondary N) is 1. The van der Waals surface area contributed by atoms with Gasteiger partial charge in [0.25, 0.3) is 0 Å². The molecule has 2 aromatic carbocycles. The van der Waals surface area contributed by atoms with Crippen LogP contribution in [0.15, 0.2) is 54.6 Å². The first-order valence-electron chi connectivity index (χ1n) is 6.84. The second kappa shape index (κ2) is 5.37. The summed E-state index contributed by atoms with van der Waals surface area (Å²) in [7, 11) is 0. The Morgan fingerprint density at radius 3 is 2.50 bits per heavy atom. The van der Waals surface area contributed by atoms with Crippen molar-refractivity contribution >= 4 is 5.91 Å². The number of carbonyl (C=O) groups excluding carboxylic acids is 1. The van der Waals surface area contributed by atoms with Gasteiger partial charge in [0.05, 0.1) is 0 Å². The molecule has 20 heavy (non-hydrogen) atoms. The van der Waals surface area contributed by atoms with Crippen LogP contribution in [0.5, 0.6) is 5.75 Å². The fraction of sp³-hybridized carbons (Fsp3) is 0.235. The largest absolute Gasteiger partial charge is 0.508 e. The van der Waals surface area contributed by atoms with Crippen LogP contribution in [0.4, 0.5) is 0 Å². The number of aromatic hydroxyl groups is 1. The maximum Gasteiger partial charge on any atom is 0.224 e. The van der Waals surface area contributed by atoms with E-state index in [0.29, 0.717) is 12.5 Å². The van der Waals surface area contributed by atoms with Crippen LogP contribution in [0, 0.1) is 5.92 Å². The molecule has 3 rings (SSSR count). The predicted molar refractivity (Wildman–Crippen MR) is 77.2 cm³/mol. The van der Waals surface area contributed by atoms with Gasteiger partial charge in [-0.1, -0.05) is 42.5 Å². The third kappa shape index (κ3) is 2.82. The zero-order chi connectivity index (χ0) is 13.9. The van der Waals surface area contributed by atoms with Gasteiger partial charge in [-0.05, 0) is 35.6 Å². The number of benzene rings is 2. The average Bonchev–Trinajstić information content (AvgIpc) is 3.27. The molecule has 3 nitrogen and oxygen atoms in total. The monoisotopic (exact) mass is 267 g/mol. The molecular formula is C17H17NO2. The van der Waals surface area contributed by atoms with Gasteiger partial charge in [0, 0.05) is 12.5 Å². The molecule has 1 saturated carbocycles. The minimum absolute atomic E-state index is 0.0725. The minimum Gasteiger partial charge on any atom is -0.508 e. The Kier molecular flexibility index (Phi) is 3.42. The minimum atomic E-state index is 0.0725. The van der Waals surface area contributed by atoms with E-state index in [0.717, 1.165) is 17.5 Å². The van der Waals surface area contributed by atoms with Crippen LogP contribution in [0.2, 0.25) is 0 Å². The molecule has 2 N–H and O–H groups in total. The van der Waals surface area contributed by atoms with Crippen LogP contribution >= 0.6 is 0 Å². The van der Waals surface area contributed by atoms with Crippen LogP contribution in [0.1, 0.15) is 23.5 Å². The van der Waals surface area contributed by atoms with E-state index < -0.39 is 0 Å². The number of phenols is 1. The smallest absolute Gasteiger partial charge is 0.224 e. The van der Waals surface area contributed by atoms with E-state index in [1.165, 1.54) is 0 Å². The van der Waals surface area contributed by atoms with Gasteiger partial charge in [-0.2, -0.15) is 0 Å². The fourth-order valence-electron chi connectivity index (χ4n) is 2.49. The molecule has 3 heteroatoms. The summed E-state index contributed by atoms with van der Waals surface area (Å²) in [5.74, 6) is 0.751. The summed E-state index contributed by atoms with van der Waals surface area (Å²) in [6, 6.07) is 17.0. The lowest BCUT2D eigenvalue weighted by molar-refractivity contribution is -0.122. The van der Waals surface area contributed by atoms with Gasteiger partial charge in [0.2, 0.25) is 5.91 Å². The first-order valence-corrected chi connectivity index (χ1v) is 6.84. The molecule has 0 bridgehead atoms. The third-order valence-electron chi connectivity index (χ3n) is 3.76. The van der Waals surface area contributed by atoms with Gasteiger partial charge < -0.3 is 10.4 Å². The van der Waals surface area contributed by atoms with E-state index in [9.17, 15) is 9.90 Å². The molecule has 2 aromatic rings. The van der Waals surface area contributed by atoms with Gasteiger partial charge in [-0.3, -0.25) is 4.79 Å². The quantitative estimate of drug-likeness (QED) is 0.895. The van der Waals surface area contributed by atoms with E-state index in [-0.39, 0.29) is 17.6 Å². The van der Waals surface area contributed by atoms with Crippen molar-refractivity contribution in [3.8, 4) is 5.75 Å². The molecule has 2 unspecified atom stereocenters. The highest BCUT2D eigenvalue weighted by Crippen LogP contribution is 2.47. The number of hydrogen-bond donors (Lipinski definition) is 2. The number of rotatable bonds is 4. The van der Waals surface area contributed by atoms with E-state index in [1.807, 2.05) is 42.5 Å². The first kappa shape index (κ1) is 12.7. The van der Waals surface area contributed by atoms with E-state index in [4.69, 9.17) is 0 Å². The molecule has 1 aliphatic carbocycles. The van der Waals surface area contributed by atoms with Crippen molar-refractivity contribution in [2.24, 2.45) is 5.92 Å². The third-order valence-corrected chi connectivity index (χ3v) is 3.76. The van der Waals surface area contributed by atoms with Crippen LogP contribution in [0.25, 0.3) is 0 Å². The van der Waals surface area contributed by atoms with Crippen molar-refractivity contribution in [1.82, 2.24) is 5.32 Å². The fourth-order valence-corrected chi connectivity index (χ4v) is 2.49. The molecular weight excluding hydrogens is 250 g/mol. The second-order valence-electron chi connectivity index (χ2n) is 5.24. The molecule has 0 spiro atoms. The zero-order valence-corrected chi connectivity index (χ0v) is 11.1. The van der Waals surface area contributed by atoms with Gasteiger partial charge in [-0.25, -0.2) is 0 Å². The SMILES string of the molecule is O=C(NCc1ccccc1)C1CC1c1ccc(O)cc1. The van der Waals surface area contributed by atoms with Gasteiger partial charge in [0.1, 0.15) is 5.75 Å². The number of amides is 1.